The standard InChI is InChI=1S/C14H18N2O3S/c1-20(19)12-6-4-10(5-7-12)14(18)16-8-2-3-11(9-16)13(15)17/h4-7,11H,2-3,8-9H2,1H3,(H2,15,17)/t11-,20-/m0/s1. The summed E-state index contributed by atoms with van der Waals surface area (Å²) in [7, 11) is -1.05. The van der Waals surface area contributed by atoms with Gasteiger partial charge < -0.3 is 10.6 Å². The van der Waals surface area contributed by atoms with E-state index in [-0.39, 0.29) is 17.7 Å². The van der Waals surface area contributed by atoms with Crippen LogP contribution < -0.4 is 5.73 Å². The first kappa shape index (κ1) is 14.7. The lowest BCUT2D eigenvalue weighted by Crippen LogP contribution is -2.44. The molecule has 1 saturated heterocycles. The van der Waals surface area contributed by atoms with Crippen LogP contribution in [0.2, 0.25) is 0 Å². The highest BCUT2D eigenvalue weighted by molar-refractivity contribution is 7.84. The summed E-state index contributed by atoms with van der Waals surface area (Å²) in [6.07, 6.45) is 3.13. The zero-order valence-electron chi connectivity index (χ0n) is 11.4. The third-order valence-electron chi connectivity index (χ3n) is 3.54. The van der Waals surface area contributed by atoms with E-state index in [0.717, 1.165) is 12.8 Å². The summed E-state index contributed by atoms with van der Waals surface area (Å²) in [4.78, 5) is 25.9. The van der Waals surface area contributed by atoms with Crippen LogP contribution in [0.25, 0.3) is 0 Å². The molecule has 108 valence electrons. The molecule has 20 heavy (non-hydrogen) atoms. The van der Waals surface area contributed by atoms with E-state index in [4.69, 9.17) is 5.73 Å². The van der Waals surface area contributed by atoms with Crippen LogP contribution in [0.3, 0.4) is 0 Å². The normalized spacial score (nSPS) is 20.4. The Balaban J connectivity index is 2.10. The summed E-state index contributed by atoms with van der Waals surface area (Å²) in [5.74, 6) is -0.710. The van der Waals surface area contributed by atoms with Crippen LogP contribution in [0, 0.1) is 5.92 Å². The second kappa shape index (κ2) is 6.17. The van der Waals surface area contributed by atoms with E-state index >= 15 is 0 Å². The molecule has 1 heterocycles. The fraction of sp³-hybridized carbons (Fsp3) is 0.429. The van der Waals surface area contributed by atoms with E-state index in [1.165, 1.54) is 0 Å². The second-order valence-electron chi connectivity index (χ2n) is 4.97. The van der Waals surface area contributed by atoms with Crippen molar-refractivity contribution >= 4 is 22.6 Å². The molecule has 1 aromatic rings. The fourth-order valence-corrected chi connectivity index (χ4v) is 2.88. The Bertz CT molecular complexity index is 542. The summed E-state index contributed by atoms with van der Waals surface area (Å²) in [5.41, 5.74) is 5.86. The Labute approximate surface area is 120 Å². The highest BCUT2D eigenvalue weighted by Crippen LogP contribution is 2.19. The minimum Gasteiger partial charge on any atom is -0.369 e. The molecule has 2 N–H and O–H groups in total. The zero-order chi connectivity index (χ0) is 14.7. The number of piperidine rings is 1. The first-order valence-electron chi connectivity index (χ1n) is 6.51. The van der Waals surface area contributed by atoms with Gasteiger partial charge in [0.15, 0.2) is 0 Å². The maximum atomic E-state index is 12.3. The van der Waals surface area contributed by atoms with Crippen molar-refractivity contribution in [3.8, 4) is 0 Å². The Morgan fingerprint density at radius 2 is 1.95 bits per heavy atom. The number of rotatable bonds is 3. The first-order valence-corrected chi connectivity index (χ1v) is 8.07. The summed E-state index contributed by atoms with van der Waals surface area (Å²) in [6.45, 7) is 1.03. The summed E-state index contributed by atoms with van der Waals surface area (Å²) < 4.78 is 11.3. The quantitative estimate of drug-likeness (QED) is 0.893. The van der Waals surface area contributed by atoms with Gasteiger partial charge in [-0.15, -0.1) is 0 Å². The van der Waals surface area contributed by atoms with Crippen molar-refractivity contribution in [3.63, 3.8) is 0 Å². The SMILES string of the molecule is C[S@](=O)c1ccc(C(=O)N2CCC[C@H](C(N)=O)C2)cc1. The topological polar surface area (TPSA) is 80.5 Å². The Morgan fingerprint density at radius 3 is 2.50 bits per heavy atom. The van der Waals surface area contributed by atoms with Crippen molar-refractivity contribution in [1.82, 2.24) is 4.90 Å². The molecule has 1 fully saturated rings. The Kier molecular flexibility index (Phi) is 4.54. The monoisotopic (exact) mass is 294 g/mol. The molecule has 2 rings (SSSR count). The van der Waals surface area contributed by atoms with Gasteiger partial charge in [-0.05, 0) is 37.1 Å². The number of nitrogens with two attached hydrogens (primary N) is 1. The number of primary amides is 1. The van der Waals surface area contributed by atoms with Crippen molar-refractivity contribution in [2.75, 3.05) is 19.3 Å². The molecule has 5 nitrogen and oxygen atoms in total. The van der Waals surface area contributed by atoms with Crippen LogP contribution >= 0.6 is 0 Å². The van der Waals surface area contributed by atoms with Crippen LogP contribution in [0.5, 0.6) is 0 Å². The van der Waals surface area contributed by atoms with Crippen molar-refractivity contribution in [2.24, 2.45) is 11.7 Å². The lowest BCUT2D eigenvalue weighted by Gasteiger charge is -2.31. The molecule has 1 aliphatic rings. The molecule has 0 aliphatic carbocycles. The molecular weight excluding hydrogens is 276 g/mol. The molecule has 0 radical (unpaired) electrons. The minimum atomic E-state index is -1.05. The second-order valence-corrected chi connectivity index (χ2v) is 6.35. The van der Waals surface area contributed by atoms with Crippen LogP contribution in [0.15, 0.2) is 29.2 Å². The molecule has 2 amide bonds. The molecule has 0 unspecified atom stereocenters. The maximum Gasteiger partial charge on any atom is 0.253 e. The predicted octanol–water partition coefficient (Wildman–Crippen LogP) is 0.761. The van der Waals surface area contributed by atoms with Gasteiger partial charge in [0.05, 0.1) is 5.92 Å². The molecule has 0 bridgehead atoms. The first-order chi connectivity index (χ1) is 9.49. The largest absolute Gasteiger partial charge is 0.369 e. The van der Waals surface area contributed by atoms with E-state index in [9.17, 15) is 13.8 Å². The van der Waals surface area contributed by atoms with Crippen LogP contribution in [-0.4, -0.2) is 40.3 Å². The van der Waals surface area contributed by atoms with Gasteiger partial charge in [-0.25, -0.2) is 0 Å². The smallest absolute Gasteiger partial charge is 0.253 e. The average molecular weight is 294 g/mol. The number of nitrogens with zero attached hydrogens (tertiary/aromatic N) is 1. The van der Waals surface area contributed by atoms with E-state index in [1.54, 1.807) is 35.4 Å². The molecule has 0 spiro atoms. The molecule has 1 aromatic carbocycles. The van der Waals surface area contributed by atoms with Gasteiger partial charge in [0.25, 0.3) is 5.91 Å². The van der Waals surface area contributed by atoms with Crippen molar-refractivity contribution in [1.29, 1.82) is 0 Å². The van der Waals surface area contributed by atoms with Crippen LogP contribution in [0.4, 0.5) is 0 Å². The Morgan fingerprint density at radius 1 is 1.30 bits per heavy atom. The minimum absolute atomic E-state index is 0.107. The molecule has 0 aromatic heterocycles. The van der Waals surface area contributed by atoms with E-state index in [0.29, 0.717) is 23.5 Å². The summed E-state index contributed by atoms with van der Waals surface area (Å²) >= 11 is 0. The molecular formula is C14H18N2O3S. The van der Waals surface area contributed by atoms with Crippen molar-refractivity contribution in [2.45, 2.75) is 17.7 Å². The van der Waals surface area contributed by atoms with Gasteiger partial charge in [0.1, 0.15) is 0 Å². The number of benzene rings is 1. The fourth-order valence-electron chi connectivity index (χ4n) is 2.37. The summed E-state index contributed by atoms with van der Waals surface area (Å²) in [5, 5.41) is 0. The highest BCUT2D eigenvalue weighted by atomic mass is 32.2. The van der Waals surface area contributed by atoms with Gasteiger partial charge in [-0.1, -0.05) is 0 Å². The highest BCUT2D eigenvalue weighted by Gasteiger charge is 2.27. The number of likely N-dealkylation sites (tertiary alicyclic amines) is 1. The third-order valence-corrected chi connectivity index (χ3v) is 4.48. The number of carbonyl (C=O) groups excluding carboxylic acids is 2. The van der Waals surface area contributed by atoms with Gasteiger partial charge in [-0.3, -0.25) is 13.8 Å². The lowest BCUT2D eigenvalue weighted by atomic mass is 9.97. The zero-order valence-corrected chi connectivity index (χ0v) is 12.2. The van der Waals surface area contributed by atoms with E-state index in [1.807, 2.05) is 0 Å². The predicted molar refractivity (Wildman–Crippen MR) is 76.6 cm³/mol. The van der Waals surface area contributed by atoms with E-state index < -0.39 is 10.8 Å². The molecule has 6 heteroatoms. The van der Waals surface area contributed by atoms with Gasteiger partial charge in [0, 0.05) is 40.6 Å². The number of carbonyl (C=O) groups is 2. The van der Waals surface area contributed by atoms with Gasteiger partial charge in [0.2, 0.25) is 5.91 Å². The molecule has 0 saturated carbocycles. The van der Waals surface area contributed by atoms with Crippen molar-refractivity contribution < 1.29 is 13.8 Å². The lowest BCUT2D eigenvalue weighted by molar-refractivity contribution is -0.123. The average Bonchev–Trinajstić information content (AvgIpc) is 2.46. The molecule has 1 aliphatic heterocycles. The number of amides is 2. The van der Waals surface area contributed by atoms with E-state index in [2.05, 4.69) is 0 Å². The van der Waals surface area contributed by atoms with Crippen LogP contribution in [0.1, 0.15) is 23.2 Å². The number of hydrogen-bond acceptors (Lipinski definition) is 3. The number of hydrogen-bond donors (Lipinski definition) is 1. The summed E-state index contributed by atoms with van der Waals surface area (Å²) in [6, 6.07) is 6.73. The third kappa shape index (κ3) is 3.25. The van der Waals surface area contributed by atoms with Gasteiger partial charge >= 0.3 is 0 Å². The maximum absolute atomic E-state index is 12.3. The van der Waals surface area contributed by atoms with Gasteiger partial charge in [-0.2, -0.15) is 0 Å². The Hall–Kier alpha value is -1.69. The van der Waals surface area contributed by atoms with Crippen molar-refractivity contribution in [3.05, 3.63) is 29.8 Å². The van der Waals surface area contributed by atoms with Crippen LogP contribution in [-0.2, 0) is 15.6 Å². The molecule has 2 atom stereocenters.